The summed E-state index contributed by atoms with van der Waals surface area (Å²) in [4.78, 5) is 16.2. The van der Waals surface area contributed by atoms with E-state index < -0.39 is 0 Å². The number of amides is 1. The first-order valence-corrected chi connectivity index (χ1v) is 6.66. The van der Waals surface area contributed by atoms with Crippen LogP contribution in [0.1, 0.15) is 15.9 Å². The fourth-order valence-electron chi connectivity index (χ4n) is 2.09. The van der Waals surface area contributed by atoms with E-state index in [4.69, 9.17) is 5.26 Å². The van der Waals surface area contributed by atoms with E-state index in [1.807, 2.05) is 41.1 Å². The number of rotatable bonds is 3. The minimum absolute atomic E-state index is 0.250. The van der Waals surface area contributed by atoms with Gasteiger partial charge in [-0.1, -0.05) is 12.1 Å². The van der Waals surface area contributed by atoms with Gasteiger partial charge in [0.05, 0.1) is 18.0 Å². The Morgan fingerprint density at radius 1 is 1.18 bits per heavy atom. The molecule has 3 rings (SSSR count). The van der Waals surface area contributed by atoms with E-state index in [0.29, 0.717) is 16.8 Å². The molecule has 1 aromatic heterocycles. The molecular formula is C17H12N4O. The third kappa shape index (κ3) is 2.86. The maximum Gasteiger partial charge on any atom is 0.255 e. The molecule has 2 aromatic carbocycles. The van der Waals surface area contributed by atoms with Crippen LogP contribution in [-0.2, 0) is 0 Å². The SMILES string of the molecule is N#Cc1cccc(C(=O)Nc2cccc(-n3ccnc3)c2)c1. The number of imidazole rings is 1. The maximum absolute atomic E-state index is 12.2. The van der Waals surface area contributed by atoms with Gasteiger partial charge in [-0.25, -0.2) is 4.98 Å². The Bertz CT molecular complexity index is 847. The lowest BCUT2D eigenvalue weighted by Gasteiger charge is -2.08. The van der Waals surface area contributed by atoms with Crippen molar-refractivity contribution in [1.29, 1.82) is 5.26 Å². The lowest BCUT2D eigenvalue weighted by molar-refractivity contribution is 0.102. The smallest absolute Gasteiger partial charge is 0.255 e. The van der Waals surface area contributed by atoms with Crippen LogP contribution in [0.5, 0.6) is 0 Å². The summed E-state index contributed by atoms with van der Waals surface area (Å²) < 4.78 is 1.85. The zero-order valence-corrected chi connectivity index (χ0v) is 11.6. The molecule has 3 aromatic rings. The molecule has 0 fully saturated rings. The molecule has 5 nitrogen and oxygen atoms in total. The van der Waals surface area contributed by atoms with Crippen molar-refractivity contribution in [3.63, 3.8) is 0 Å². The van der Waals surface area contributed by atoms with Gasteiger partial charge in [-0.05, 0) is 36.4 Å². The van der Waals surface area contributed by atoms with Gasteiger partial charge in [0, 0.05) is 29.3 Å². The zero-order chi connectivity index (χ0) is 15.4. The third-order valence-corrected chi connectivity index (χ3v) is 3.16. The highest BCUT2D eigenvalue weighted by atomic mass is 16.1. The normalized spacial score (nSPS) is 9.95. The first kappa shape index (κ1) is 13.6. The monoisotopic (exact) mass is 288 g/mol. The average Bonchev–Trinajstić information content (AvgIpc) is 3.10. The molecule has 0 bridgehead atoms. The molecule has 0 radical (unpaired) electrons. The molecule has 106 valence electrons. The Hall–Kier alpha value is -3.39. The number of nitriles is 1. The predicted octanol–water partition coefficient (Wildman–Crippen LogP) is 3.00. The minimum Gasteiger partial charge on any atom is -0.322 e. The van der Waals surface area contributed by atoms with Crippen molar-refractivity contribution in [2.75, 3.05) is 5.32 Å². The number of nitrogens with zero attached hydrogens (tertiary/aromatic N) is 3. The van der Waals surface area contributed by atoms with E-state index in [2.05, 4.69) is 10.3 Å². The van der Waals surface area contributed by atoms with Gasteiger partial charge >= 0.3 is 0 Å². The quantitative estimate of drug-likeness (QED) is 0.805. The third-order valence-electron chi connectivity index (χ3n) is 3.16. The number of nitrogens with one attached hydrogen (secondary N) is 1. The van der Waals surface area contributed by atoms with Crippen molar-refractivity contribution in [2.45, 2.75) is 0 Å². The standard InChI is InChI=1S/C17H12N4O/c18-11-13-3-1-4-14(9-13)17(22)20-15-5-2-6-16(10-15)21-8-7-19-12-21/h1-10,12H,(H,20,22). The van der Waals surface area contributed by atoms with Crippen LogP contribution in [0.25, 0.3) is 5.69 Å². The summed E-state index contributed by atoms with van der Waals surface area (Å²) in [6, 6.07) is 16.1. The first-order chi connectivity index (χ1) is 10.8. The summed E-state index contributed by atoms with van der Waals surface area (Å²) >= 11 is 0. The zero-order valence-electron chi connectivity index (χ0n) is 11.6. The van der Waals surface area contributed by atoms with Gasteiger partial charge in [0.2, 0.25) is 0 Å². The molecule has 0 atom stereocenters. The molecular weight excluding hydrogens is 276 g/mol. The molecule has 0 saturated carbocycles. The van der Waals surface area contributed by atoms with Crippen LogP contribution in [-0.4, -0.2) is 15.5 Å². The Morgan fingerprint density at radius 2 is 2.05 bits per heavy atom. The summed E-state index contributed by atoms with van der Waals surface area (Å²) in [5, 5.41) is 11.7. The molecule has 0 aliphatic rings. The predicted molar refractivity (Wildman–Crippen MR) is 82.7 cm³/mol. The second-order valence-corrected chi connectivity index (χ2v) is 4.67. The number of benzene rings is 2. The summed E-state index contributed by atoms with van der Waals surface area (Å²) in [5.41, 5.74) is 2.49. The fraction of sp³-hybridized carbons (Fsp3) is 0. The minimum atomic E-state index is -0.250. The highest BCUT2D eigenvalue weighted by Crippen LogP contribution is 2.15. The van der Waals surface area contributed by atoms with E-state index >= 15 is 0 Å². The number of carbonyl (C=O) groups excluding carboxylic acids is 1. The van der Waals surface area contributed by atoms with Gasteiger partial charge in [-0.15, -0.1) is 0 Å². The number of anilines is 1. The number of carbonyl (C=O) groups is 1. The molecule has 0 saturated heterocycles. The lowest BCUT2D eigenvalue weighted by atomic mass is 10.1. The van der Waals surface area contributed by atoms with Crippen LogP contribution >= 0.6 is 0 Å². The molecule has 0 spiro atoms. The van der Waals surface area contributed by atoms with Crippen LogP contribution in [0.4, 0.5) is 5.69 Å². The Labute approximate surface area is 127 Å². The maximum atomic E-state index is 12.2. The second kappa shape index (κ2) is 5.94. The van der Waals surface area contributed by atoms with E-state index in [1.54, 1.807) is 36.8 Å². The van der Waals surface area contributed by atoms with Gasteiger partial charge < -0.3 is 9.88 Å². The van der Waals surface area contributed by atoms with Crippen molar-refractivity contribution in [1.82, 2.24) is 9.55 Å². The van der Waals surface area contributed by atoms with E-state index in [0.717, 1.165) is 5.69 Å². The largest absolute Gasteiger partial charge is 0.322 e. The highest BCUT2D eigenvalue weighted by molar-refractivity contribution is 6.04. The van der Waals surface area contributed by atoms with Gasteiger partial charge in [0.1, 0.15) is 0 Å². The summed E-state index contributed by atoms with van der Waals surface area (Å²) in [5.74, 6) is -0.250. The number of hydrogen-bond donors (Lipinski definition) is 1. The fourth-order valence-corrected chi connectivity index (χ4v) is 2.09. The molecule has 1 amide bonds. The van der Waals surface area contributed by atoms with Crippen molar-refractivity contribution in [2.24, 2.45) is 0 Å². The van der Waals surface area contributed by atoms with Gasteiger partial charge in [-0.2, -0.15) is 5.26 Å². The molecule has 0 aliphatic carbocycles. The van der Waals surface area contributed by atoms with Crippen LogP contribution in [0.15, 0.2) is 67.3 Å². The summed E-state index contributed by atoms with van der Waals surface area (Å²) in [7, 11) is 0. The topological polar surface area (TPSA) is 70.7 Å². The molecule has 5 heteroatoms. The van der Waals surface area contributed by atoms with E-state index in [1.165, 1.54) is 0 Å². The number of hydrogen-bond acceptors (Lipinski definition) is 3. The van der Waals surface area contributed by atoms with E-state index in [-0.39, 0.29) is 5.91 Å². The Kier molecular flexibility index (Phi) is 3.67. The van der Waals surface area contributed by atoms with Gasteiger partial charge in [0.15, 0.2) is 0 Å². The molecule has 0 unspecified atom stereocenters. The average molecular weight is 288 g/mol. The number of aromatic nitrogens is 2. The molecule has 1 heterocycles. The lowest BCUT2D eigenvalue weighted by Crippen LogP contribution is -2.12. The van der Waals surface area contributed by atoms with Crippen molar-refractivity contribution in [3.05, 3.63) is 78.4 Å². The summed E-state index contributed by atoms with van der Waals surface area (Å²) in [6.07, 6.45) is 5.22. The molecule has 0 aliphatic heterocycles. The Balaban J connectivity index is 1.82. The first-order valence-electron chi connectivity index (χ1n) is 6.66. The van der Waals surface area contributed by atoms with Crippen LogP contribution in [0, 0.1) is 11.3 Å². The van der Waals surface area contributed by atoms with E-state index in [9.17, 15) is 4.79 Å². The van der Waals surface area contributed by atoms with Crippen LogP contribution in [0.3, 0.4) is 0 Å². The summed E-state index contributed by atoms with van der Waals surface area (Å²) in [6.45, 7) is 0. The van der Waals surface area contributed by atoms with Crippen LogP contribution < -0.4 is 5.32 Å². The van der Waals surface area contributed by atoms with Gasteiger partial charge in [0.25, 0.3) is 5.91 Å². The second-order valence-electron chi connectivity index (χ2n) is 4.67. The highest BCUT2D eigenvalue weighted by Gasteiger charge is 2.07. The van der Waals surface area contributed by atoms with Crippen molar-refractivity contribution >= 4 is 11.6 Å². The molecule has 1 N–H and O–H groups in total. The molecule has 22 heavy (non-hydrogen) atoms. The van der Waals surface area contributed by atoms with Crippen LogP contribution in [0.2, 0.25) is 0 Å². The van der Waals surface area contributed by atoms with Gasteiger partial charge in [-0.3, -0.25) is 4.79 Å². The van der Waals surface area contributed by atoms with Crippen molar-refractivity contribution < 1.29 is 4.79 Å². The van der Waals surface area contributed by atoms with Crippen molar-refractivity contribution in [3.8, 4) is 11.8 Å². The Morgan fingerprint density at radius 3 is 2.82 bits per heavy atom.